The van der Waals surface area contributed by atoms with E-state index in [9.17, 15) is 24.3 Å². The Labute approximate surface area is 397 Å². The molecule has 0 radical (unpaired) electrons. The first-order valence-electron chi connectivity index (χ1n) is 21.4. The zero-order chi connectivity index (χ0) is 46.8. The average Bonchev–Trinajstić information content (AvgIpc) is 4.09. The van der Waals surface area contributed by atoms with Crippen molar-refractivity contribution in [3.05, 3.63) is 226 Å². The molecule has 0 spiro atoms. The highest BCUT2D eigenvalue weighted by molar-refractivity contribution is 7.17. The molecule has 6 aromatic carbocycles. The molecule has 2 amide bonds. The third kappa shape index (κ3) is 14.1. The van der Waals surface area contributed by atoms with Crippen LogP contribution in [0.1, 0.15) is 41.6 Å². The first-order valence-corrected chi connectivity index (χ1v) is 23.1. The molecule has 0 aliphatic heterocycles. The van der Waals surface area contributed by atoms with E-state index in [1.54, 1.807) is 12.1 Å². The van der Waals surface area contributed by atoms with Crippen LogP contribution < -0.4 is 20.1 Å². The molecule has 2 aromatic heterocycles. The summed E-state index contributed by atoms with van der Waals surface area (Å²) in [5.41, 5.74) is 5.96. The van der Waals surface area contributed by atoms with Gasteiger partial charge in [0.2, 0.25) is 0 Å². The molecule has 2 unspecified atom stereocenters. The normalized spacial score (nSPS) is 11.5. The second kappa shape index (κ2) is 23.9. The van der Waals surface area contributed by atoms with Crippen molar-refractivity contribution < 1.29 is 38.5 Å². The second-order valence-corrected chi connectivity index (χ2v) is 17.4. The topological polar surface area (TPSA) is 140 Å². The molecule has 0 bridgehead atoms. The first-order chi connectivity index (χ1) is 32.7. The number of hydrogen-bond donors (Lipinski definition) is 3. The third-order valence-electron chi connectivity index (χ3n) is 10.4. The van der Waals surface area contributed by atoms with Crippen molar-refractivity contribution in [2.75, 3.05) is 7.11 Å². The maximum Gasteiger partial charge on any atom is 0.328 e. The van der Waals surface area contributed by atoms with Gasteiger partial charge in [-0.25, -0.2) is 9.59 Å². The number of nitrogens with one attached hydrogen (secondary N) is 2. The molecular weight excluding hydrogens is 881 g/mol. The highest BCUT2D eigenvalue weighted by Gasteiger charge is 2.24. The van der Waals surface area contributed by atoms with Gasteiger partial charge in [0, 0.05) is 22.6 Å². The van der Waals surface area contributed by atoms with E-state index in [-0.39, 0.29) is 12.3 Å². The molecule has 0 fully saturated rings. The second-order valence-electron chi connectivity index (χ2n) is 15.2. The van der Waals surface area contributed by atoms with Gasteiger partial charge in [0.05, 0.1) is 16.9 Å². The maximum absolute atomic E-state index is 12.9. The summed E-state index contributed by atoms with van der Waals surface area (Å²) in [5, 5.41) is 15.0. The van der Waals surface area contributed by atoms with Crippen molar-refractivity contribution in [3.8, 4) is 32.4 Å². The van der Waals surface area contributed by atoms with Crippen LogP contribution in [0, 0.1) is 0 Å². The third-order valence-corrected chi connectivity index (χ3v) is 12.7. The number of ether oxygens (including phenoxy) is 3. The molecule has 2 heterocycles. The van der Waals surface area contributed by atoms with Crippen LogP contribution in [0.25, 0.3) is 20.9 Å². The minimum absolute atomic E-state index is 0.227. The van der Waals surface area contributed by atoms with Gasteiger partial charge in [-0.05, 0) is 106 Å². The van der Waals surface area contributed by atoms with Gasteiger partial charge in [-0.15, -0.1) is 22.7 Å². The van der Waals surface area contributed by atoms with Crippen molar-refractivity contribution in [1.29, 1.82) is 0 Å². The minimum Gasteiger partial charge on any atom is -0.489 e. The Balaban J connectivity index is 0.000000199. The summed E-state index contributed by atoms with van der Waals surface area (Å²) < 4.78 is 16.6. The highest BCUT2D eigenvalue weighted by Crippen LogP contribution is 2.31. The van der Waals surface area contributed by atoms with E-state index in [4.69, 9.17) is 14.2 Å². The Hall–Kier alpha value is -7.80. The summed E-state index contributed by atoms with van der Waals surface area (Å²) in [7, 11) is 1.32. The average molecular weight is 929 g/mol. The Morgan fingerprint density at radius 1 is 0.463 bits per heavy atom. The van der Waals surface area contributed by atoms with Crippen molar-refractivity contribution >= 4 is 46.4 Å². The number of carbonyl (C=O) groups excluding carboxylic acids is 3. The van der Waals surface area contributed by atoms with Gasteiger partial charge in [-0.3, -0.25) is 9.59 Å². The van der Waals surface area contributed by atoms with Gasteiger partial charge in [0.25, 0.3) is 11.8 Å². The molecule has 0 aliphatic rings. The number of hydrogen-bond acceptors (Lipinski definition) is 9. The van der Waals surface area contributed by atoms with Gasteiger partial charge in [0.15, 0.2) is 0 Å². The zero-order valence-electron chi connectivity index (χ0n) is 36.6. The van der Waals surface area contributed by atoms with E-state index in [0.29, 0.717) is 29.4 Å². The van der Waals surface area contributed by atoms with Crippen molar-refractivity contribution in [1.82, 2.24) is 10.6 Å². The Morgan fingerprint density at radius 2 is 0.821 bits per heavy atom. The summed E-state index contributed by atoms with van der Waals surface area (Å²) in [4.78, 5) is 52.3. The van der Waals surface area contributed by atoms with Crippen LogP contribution in [0.4, 0.5) is 0 Å². The van der Waals surface area contributed by atoms with Crippen molar-refractivity contribution in [2.45, 2.75) is 38.1 Å². The molecule has 10 nitrogen and oxygen atoms in total. The number of aliphatic carboxylic acids is 1. The van der Waals surface area contributed by atoms with Gasteiger partial charge in [-0.1, -0.05) is 121 Å². The number of amides is 2. The maximum atomic E-state index is 12.9. The van der Waals surface area contributed by atoms with E-state index < -0.39 is 29.9 Å². The Bertz CT molecular complexity index is 2820. The van der Waals surface area contributed by atoms with Gasteiger partial charge in [0.1, 0.15) is 36.8 Å². The quantitative estimate of drug-likeness (QED) is 0.0723. The molecule has 0 aliphatic carbocycles. The van der Waals surface area contributed by atoms with Gasteiger partial charge < -0.3 is 30.0 Å². The van der Waals surface area contributed by atoms with Crippen LogP contribution in [0.2, 0.25) is 0 Å². The molecule has 3 N–H and O–H groups in total. The lowest BCUT2D eigenvalue weighted by molar-refractivity contribution is -0.143. The zero-order valence-corrected chi connectivity index (χ0v) is 38.2. The van der Waals surface area contributed by atoms with E-state index in [1.807, 2.05) is 182 Å². The van der Waals surface area contributed by atoms with Crippen molar-refractivity contribution in [2.24, 2.45) is 0 Å². The number of benzene rings is 6. The lowest BCUT2D eigenvalue weighted by atomic mass is 10.1. The summed E-state index contributed by atoms with van der Waals surface area (Å²) >= 11 is 2.70. The van der Waals surface area contributed by atoms with Crippen molar-refractivity contribution in [3.63, 3.8) is 0 Å². The summed E-state index contributed by atoms with van der Waals surface area (Å²) in [6.45, 7) is 1.01. The molecule has 8 rings (SSSR count). The number of carbonyl (C=O) groups is 4. The van der Waals surface area contributed by atoms with Crippen LogP contribution in [0.15, 0.2) is 194 Å². The van der Waals surface area contributed by atoms with Gasteiger partial charge >= 0.3 is 11.9 Å². The fourth-order valence-electron chi connectivity index (χ4n) is 6.84. The summed E-state index contributed by atoms with van der Waals surface area (Å²) in [6, 6.07) is 59.7. The molecule has 0 saturated heterocycles. The Kier molecular flexibility index (Phi) is 16.8. The Morgan fingerprint density at radius 3 is 1.19 bits per heavy atom. The van der Waals surface area contributed by atoms with E-state index in [1.165, 1.54) is 29.8 Å². The highest BCUT2D eigenvalue weighted by atomic mass is 32.1. The number of carboxylic acid groups (broad SMARTS) is 1. The standard InChI is InChI=1S/C28H25NO4S.C27H23NO4S/c1-32-28(31)24(18-20-8-4-2-5-9-20)29-27(30)26-17-16-25(34-26)22-12-14-23(15-13-22)33-19-21-10-6-3-7-11-21;29-26(28-23(27(30)31)17-19-7-3-1-4-8-19)25-16-15-24(33-25)21-11-13-22(14-12-21)32-18-20-9-5-2-6-10-20/h2-17,24H,18-19H2,1H3,(H,29,30);1-16,23H,17-18H2,(H,28,29)(H,30,31). The minimum atomic E-state index is -1.06. The fraction of sp³-hybridized carbons (Fsp3) is 0.127. The fourth-order valence-corrected chi connectivity index (χ4v) is 8.67. The molecule has 0 saturated carbocycles. The van der Waals surface area contributed by atoms with Crippen LogP contribution in [-0.2, 0) is 40.4 Å². The van der Waals surface area contributed by atoms with Crippen LogP contribution in [0.3, 0.4) is 0 Å². The number of thiophene rings is 2. The SMILES string of the molecule is COC(=O)C(Cc1ccccc1)NC(=O)c1ccc(-c2ccc(OCc3ccccc3)cc2)s1.O=C(NC(Cc1ccccc1)C(=O)O)c1ccc(-c2ccc(OCc3ccccc3)cc2)s1. The number of methoxy groups -OCH3 is 1. The van der Waals surface area contributed by atoms with Crippen LogP contribution in [0.5, 0.6) is 11.5 Å². The largest absolute Gasteiger partial charge is 0.489 e. The van der Waals surface area contributed by atoms with E-state index in [0.717, 1.165) is 54.6 Å². The predicted octanol–water partition coefficient (Wildman–Crippen LogP) is 10.9. The predicted molar refractivity (Wildman–Crippen MR) is 264 cm³/mol. The molecular formula is C55H48N2O8S2. The lowest BCUT2D eigenvalue weighted by Crippen LogP contribution is -2.42. The first kappa shape index (κ1) is 47.2. The molecule has 2 atom stereocenters. The number of esters is 1. The summed E-state index contributed by atoms with van der Waals surface area (Å²) in [5.74, 6) is -0.677. The molecule has 8 aromatic rings. The van der Waals surface area contributed by atoms with Crippen LogP contribution in [-0.4, -0.2) is 48.1 Å². The van der Waals surface area contributed by atoms with Crippen LogP contribution >= 0.6 is 22.7 Å². The monoisotopic (exact) mass is 928 g/mol. The van der Waals surface area contributed by atoms with E-state index >= 15 is 0 Å². The molecule has 338 valence electrons. The molecule has 67 heavy (non-hydrogen) atoms. The smallest absolute Gasteiger partial charge is 0.328 e. The summed E-state index contributed by atoms with van der Waals surface area (Å²) in [6.07, 6.45) is 0.590. The number of rotatable bonds is 18. The number of carboxylic acids is 1. The molecule has 12 heteroatoms. The van der Waals surface area contributed by atoms with Gasteiger partial charge in [-0.2, -0.15) is 0 Å². The lowest BCUT2D eigenvalue weighted by Gasteiger charge is -2.16. The van der Waals surface area contributed by atoms with E-state index in [2.05, 4.69) is 10.6 Å².